The van der Waals surface area contributed by atoms with Crippen LogP contribution in [0.4, 0.5) is 0 Å². The third-order valence-electron chi connectivity index (χ3n) is 1.60. The minimum Gasteiger partial charge on any atom is -0.389 e. The number of hydrogen-bond acceptors (Lipinski definition) is 4. The number of rotatable bonds is 2. The first kappa shape index (κ1) is 12.3. The number of thioether (sulfide) groups is 1. The number of halogens is 1. The lowest BCUT2D eigenvalue weighted by atomic mass is 10.1. The molecular weight excluding hydrogens is 236 g/mol. The minimum absolute atomic E-state index is 0.229. The first-order valence-corrected chi connectivity index (χ1v) is 5.70. The van der Waals surface area contributed by atoms with Gasteiger partial charge in [0.25, 0.3) is 0 Å². The Bertz CT molecular complexity index is 327. The van der Waals surface area contributed by atoms with Crippen molar-refractivity contribution in [1.82, 2.24) is 0 Å². The van der Waals surface area contributed by atoms with E-state index in [1.807, 2.05) is 13.8 Å². The molecule has 0 bridgehead atoms. The zero-order valence-electron chi connectivity index (χ0n) is 8.58. The summed E-state index contributed by atoms with van der Waals surface area (Å²) in [5.41, 5.74) is 5.30. The Morgan fingerprint density at radius 3 is 2.93 bits per heavy atom. The van der Waals surface area contributed by atoms with Crippen molar-refractivity contribution >= 4 is 39.5 Å². The van der Waals surface area contributed by atoms with Crippen molar-refractivity contribution in [2.45, 2.75) is 25.9 Å². The summed E-state index contributed by atoms with van der Waals surface area (Å²) >= 11 is 6.72. The van der Waals surface area contributed by atoms with E-state index >= 15 is 0 Å². The minimum atomic E-state index is -0.307. The van der Waals surface area contributed by atoms with Gasteiger partial charge >= 0.3 is 0 Å². The first-order valence-electron chi connectivity index (χ1n) is 4.34. The zero-order chi connectivity index (χ0) is 11.5. The van der Waals surface area contributed by atoms with Crippen molar-refractivity contribution in [3.8, 4) is 0 Å². The van der Waals surface area contributed by atoms with Crippen LogP contribution >= 0.6 is 23.4 Å². The summed E-state index contributed by atoms with van der Waals surface area (Å²) in [5.74, 6) is 0.778. The average Bonchev–Trinajstić information content (AvgIpc) is 2.41. The van der Waals surface area contributed by atoms with Crippen molar-refractivity contribution in [2.24, 2.45) is 15.9 Å². The Hall–Kier alpha value is -0.750. The molecule has 7 heteroatoms. The Morgan fingerprint density at radius 1 is 1.80 bits per heavy atom. The molecule has 0 aliphatic carbocycles. The lowest BCUT2D eigenvalue weighted by Crippen LogP contribution is -2.20. The van der Waals surface area contributed by atoms with Crippen LogP contribution < -0.4 is 5.73 Å². The molecule has 5 nitrogen and oxygen atoms in total. The quantitative estimate of drug-likeness (QED) is 0.444. The summed E-state index contributed by atoms with van der Waals surface area (Å²) < 4.78 is 0. The molecule has 1 aliphatic heterocycles. The van der Waals surface area contributed by atoms with Gasteiger partial charge in [0.1, 0.15) is 16.5 Å². The maximum atomic E-state index is 6.91. The molecule has 0 atom stereocenters. The predicted octanol–water partition coefficient (Wildman–Crippen LogP) is 1.76. The van der Waals surface area contributed by atoms with E-state index in [-0.39, 0.29) is 10.9 Å². The molecule has 1 heterocycles. The van der Waals surface area contributed by atoms with Gasteiger partial charge in [-0.2, -0.15) is 0 Å². The summed E-state index contributed by atoms with van der Waals surface area (Å²) in [7, 11) is 0. The highest BCUT2D eigenvalue weighted by molar-refractivity contribution is 8.14. The van der Waals surface area contributed by atoms with Crippen LogP contribution in [0.25, 0.3) is 0 Å². The molecule has 0 aromatic rings. The largest absolute Gasteiger partial charge is 0.389 e. The van der Waals surface area contributed by atoms with Gasteiger partial charge in [0.2, 0.25) is 5.29 Å². The van der Waals surface area contributed by atoms with Crippen LogP contribution in [0.3, 0.4) is 0 Å². The number of nitrogens with zero attached hydrogens (tertiary/aromatic N) is 2. The summed E-state index contributed by atoms with van der Waals surface area (Å²) in [6, 6.07) is 0. The van der Waals surface area contributed by atoms with Gasteiger partial charge in [-0.15, -0.1) is 0 Å². The number of nitrogens with one attached hydrogen (secondary N) is 1. The van der Waals surface area contributed by atoms with Gasteiger partial charge in [-0.1, -0.05) is 16.9 Å². The molecule has 0 unspecified atom stereocenters. The standard InChI is InChI=1S/C8H13ClN4OS/c1-8(2)3-6(13-14-8)15-4-5(10)12-7(9)11/h3-4H2,1-2H3,(H3,10,11,12). The molecule has 15 heavy (non-hydrogen) atoms. The fraction of sp³-hybridized carbons (Fsp3) is 0.625. The third kappa shape index (κ3) is 4.53. The van der Waals surface area contributed by atoms with E-state index in [0.29, 0.717) is 11.6 Å². The van der Waals surface area contributed by atoms with Crippen LogP contribution in [-0.4, -0.2) is 27.5 Å². The van der Waals surface area contributed by atoms with Crippen molar-refractivity contribution in [3.05, 3.63) is 0 Å². The Labute approximate surface area is 97.6 Å². The molecule has 0 fully saturated rings. The van der Waals surface area contributed by atoms with Gasteiger partial charge < -0.3 is 10.6 Å². The van der Waals surface area contributed by atoms with Crippen LogP contribution in [0, 0.1) is 5.41 Å². The van der Waals surface area contributed by atoms with E-state index in [0.717, 1.165) is 11.5 Å². The fourth-order valence-electron chi connectivity index (χ4n) is 0.996. The highest BCUT2D eigenvalue weighted by Crippen LogP contribution is 2.27. The van der Waals surface area contributed by atoms with Gasteiger partial charge in [0, 0.05) is 6.42 Å². The van der Waals surface area contributed by atoms with Gasteiger partial charge in [-0.05, 0) is 25.4 Å². The topological polar surface area (TPSA) is 83.8 Å². The van der Waals surface area contributed by atoms with E-state index in [4.69, 9.17) is 27.6 Å². The molecule has 84 valence electrons. The lowest BCUT2D eigenvalue weighted by molar-refractivity contribution is 0.0123. The first-order chi connectivity index (χ1) is 6.89. The van der Waals surface area contributed by atoms with Crippen molar-refractivity contribution < 1.29 is 4.84 Å². The maximum Gasteiger partial charge on any atom is 0.216 e. The van der Waals surface area contributed by atoms with Gasteiger partial charge in [0.05, 0.1) is 5.75 Å². The van der Waals surface area contributed by atoms with E-state index in [9.17, 15) is 0 Å². The molecule has 1 rings (SSSR count). The number of oxime groups is 1. The fourth-order valence-corrected chi connectivity index (χ4v) is 2.02. The summed E-state index contributed by atoms with van der Waals surface area (Å²) in [5, 5.41) is 11.4. The van der Waals surface area contributed by atoms with Crippen LogP contribution in [0.1, 0.15) is 20.3 Å². The normalized spacial score (nSPS) is 19.7. The SMILES string of the molecule is CC1(C)CC(SCC(N)=NC(=N)Cl)=NO1. The van der Waals surface area contributed by atoms with E-state index < -0.39 is 0 Å². The molecule has 0 aromatic carbocycles. The number of aliphatic imine (C=N–C) groups is 1. The molecule has 0 saturated carbocycles. The highest BCUT2D eigenvalue weighted by Gasteiger charge is 2.28. The average molecular weight is 249 g/mol. The Morgan fingerprint density at radius 2 is 2.47 bits per heavy atom. The maximum absolute atomic E-state index is 6.91. The van der Waals surface area contributed by atoms with Crippen LogP contribution in [0.15, 0.2) is 10.1 Å². The highest BCUT2D eigenvalue weighted by atomic mass is 35.5. The van der Waals surface area contributed by atoms with E-state index in [1.54, 1.807) is 0 Å². The van der Waals surface area contributed by atoms with Gasteiger partial charge in [-0.25, -0.2) is 4.99 Å². The van der Waals surface area contributed by atoms with Crippen LogP contribution in [0.2, 0.25) is 0 Å². The molecule has 0 radical (unpaired) electrons. The van der Waals surface area contributed by atoms with Crippen molar-refractivity contribution in [2.75, 3.05) is 5.75 Å². The number of nitrogens with two attached hydrogens (primary N) is 1. The Balaban J connectivity index is 2.36. The third-order valence-corrected chi connectivity index (χ3v) is 2.68. The monoisotopic (exact) mass is 248 g/mol. The molecule has 0 amide bonds. The van der Waals surface area contributed by atoms with Crippen LogP contribution in [0.5, 0.6) is 0 Å². The second-order valence-electron chi connectivity index (χ2n) is 3.70. The number of hydrogen-bond donors (Lipinski definition) is 2. The Kier molecular flexibility index (Phi) is 3.98. The van der Waals surface area contributed by atoms with Gasteiger partial charge in [0.15, 0.2) is 0 Å². The molecule has 0 spiro atoms. The molecule has 3 N–H and O–H groups in total. The molecule has 0 saturated heterocycles. The van der Waals surface area contributed by atoms with Gasteiger partial charge in [-0.3, -0.25) is 5.41 Å². The molecule has 0 aromatic heterocycles. The molecule has 1 aliphatic rings. The second-order valence-corrected chi connectivity index (χ2v) is 5.10. The smallest absolute Gasteiger partial charge is 0.216 e. The van der Waals surface area contributed by atoms with Crippen LogP contribution in [-0.2, 0) is 4.84 Å². The molecular formula is C8H13ClN4OS. The predicted molar refractivity (Wildman–Crippen MR) is 64.9 cm³/mol. The summed E-state index contributed by atoms with van der Waals surface area (Å²) in [4.78, 5) is 8.79. The van der Waals surface area contributed by atoms with Crippen molar-refractivity contribution in [3.63, 3.8) is 0 Å². The van der Waals surface area contributed by atoms with E-state index in [2.05, 4.69) is 10.1 Å². The zero-order valence-corrected chi connectivity index (χ0v) is 10.2. The second kappa shape index (κ2) is 4.85. The summed E-state index contributed by atoms with van der Waals surface area (Å²) in [6.07, 6.45) is 0.767. The lowest BCUT2D eigenvalue weighted by Gasteiger charge is -2.12. The van der Waals surface area contributed by atoms with Crippen molar-refractivity contribution in [1.29, 1.82) is 5.41 Å². The summed E-state index contributed by atoms with van der Waals surface area (Å²) in [6.45, 7) is 3.94. The number of amidine groups is 2. The van der Waals surface area contributed by atoms with E-state index in [1.165, 1.54) is 11.8 Å².